The first-order valence-corrected chi connectivity index (χ1v) is 4.81. The van der Waals surface area contributed by atoms with Gasteiger partial charge in [-0.3, -0.25) is 5.43 Å². The van der Waals surface area contributed by atoms with E-state index in [-0.39, 0.29) is 6.10 Å². The molecule has 2 heterocycles. The summed E-state index contributed by atoms with van der Waals surface area (Å²) in [5.41, 5.74) is 3.06. The van der Waals surface area contributed by atoms with Gasteiger partial charge >= 0.3 is 0 Å². The van der Waals surface area contributed by atoms with Gasteiger partial charge in [0.15, 0.2) is 0 Å². The van der Waals surface area contributed by atoms with Crippen molar-refractivity contribution in [3.05, 3.63) is 18.5 Å². The Hall–Kier alpha value is -1.20. The average Bonchev–Trinajstić information content (AvgIpc) is 2.19. The van der Waals surface area contributed by atoms with Gasteiger partial charge in [0.05, 0.1) is 6.10 Å². The Morgan fingerprint density at radius 2 is 2.21 bits per heavy atom. The molecule has 1 aliphatic heterocycles. The molecular formula is C9H14N4O. The van der Waals surface area contributed by atoms with Crippen molar-refractivity contribution in [2.75, 3.05) is 18.5 Å². The molecule has 0 bridgehead atoms. The first kappa shape index (κ1) is 9.36. The van der Waals surface area contributed by atoms with E-state index in [2.05, 4.69) is 15.4 Å². The van der Waals surface area contributed by atoms with E-state index in [1.807, 2.05) is 5.01 Å². The van der Waals surface area contributed by atoms with Crippen LogP contribution in [0.15, 0.2) is 18.5 Å². The van der Waals surface area contributed by atoms with Gasteiger partial charge in [0.25, 0.3) is 0 Å². The number of anilines is 1. The minimum absolute atomic E-state index is 0.236. The highest BCUT2D eigenvalue weighted by molar-refractivity contribution is 5.20. The van der Waals surface area contributed by atoms with E-state index < -0.39 is 0 Å². The van der Waals surface area contributed by atoms with Gasteiger partial charge in [-0.05, 0) is 18.9 Å². The largest absolute Gasteiger partial charge is 0.392 e. The second kappa shape index (κ2) is 4.34. The molecular weight excluding hydrogens is 180 g/mol. The maximum absolute atomic E-state index is 9.44. The zero-order valence-corrected chi connectivity index (χ0v) is 7.93. The highest BCUT2D eigenvalue weighted by atomic mass is 16.3. The number of aliphatic hydroxyl groups excluding tert-OH is 1. The quantitative estimate of drug-likeness (QED) is 0.707. The summed E-state index contributed by atoms with van der Waals surface area (Å²) in [5.74, 6) is 0.585. The van der Waals surface area contributed by atoms with Crippen LogP contribution in [0.4, 0.5) is 5.95 Å². The molecule has 1 unspecified atom stereocenters. The zero-order chi connectivity index (χ0) is 9.80. The van der Waals surface area contributed by atoms with E-state index in [1.54, 1.807) is 18.5 Å². The number of aromatic nitrogens is 2. The molecule has 1 atom stereocenters. The van der Waals surface area contributed by atoms with Crippen LogP contribution in [0, 0.1) is 0 Å². The van der Waals surface area contributed by atoms with Gasteiger partial charge in [-0.25, -0.2) is 15.0 Å². The van der Waals surface area contributed by atoms with Crippen LogP contribution >= 0.6 is 0 Å². The fourth-order valence-corrected chi connectivity index (χ4v) is 1.55. The van der Waals surface area contributed by atoms with Crippen LogP contribution in [0.25, 0.3) is 0 Å². The van der Waals surface area contributed by atoms with Gasteiger partial charge in [-0.1, -0.05) is 0 Å². The molecule has 14 heavy (non-hydrogen) atoms. The number of aliphatic hydroxyl groups is 1. The van der Waals surface area contributed by atoms with E-state index in [1.165, 1.54) is 0 Å². The van der Waals surface area contributed by atoms with Crippen molar-refractivity contribution >= 4 is 5.95 Å². The van der Waals surface area contributed by atoms with Gasteiger partial charge in [-0.2, -0.15) is 0 Å². The summed E-state index contributed by atoms with van der Waals surface area (Å²) in [6.45, 7) is 1.56. The minimum atomic E-state index is -0.236. The lowest BCUT2D eigenvalue weighted by Crippen LogP contribution is -2.42. The topological polar surface area (TPSA) is 61.3 Å². The van der Waals surface area contributed by atoms with E-state index in [9.17, 15) is 5.11 Å². The van der Waals surface area contributed by atoms with Crippen molar-refractivity contribution < 1.29 is 5.11 Å². The number of hydrogen-bond acceptors (Lipinski definition) is 5. The molecule has 76 valence electrons. The second-order valence-electron chi connectivity index (χ2n) is 3.43. The molecule has 2 rings (SSSR count). The lowest BCUT2D eigenvalue weighted by atomic mass is 10.1. The monoisotopic (exact) mass is 194 g/mol. The van der Waals surface area contributed by atoms with E-state index in [0.29, 0.717) is 12.5 Å². The molecule has 5 nitrogen and oxygen atoms in total. The summed E-state index contributed by atoms with van der Waals surface area (Å²) in [6, 6.07) is 1.77. The molecule has 1 aromatic heterocycles. The maximum atomic E-state index is 9.44. The third kappa shape index (κ3) is 2.40. The Balaban J connectivity index is 1.91. The van der Waals surface area contributed by atoms with Crippen molar-refractivity contribution in [2.24, 2.45) is 0 Å². The Morgan fingerprint density at radius 3 is 2.93 bits per heavy atom. The van der Waals surface area contributed by atoms with Crippen LogP contribution in [0.1, 0.15) is 12.8 Å². The predicted octanol–water partition coefficient (Wildman–Crippen LogP) is 0.260. The van der Waals surface area contributed by atoms with E-state index >= 15 is 0 Å². The molecule has 5 heteroatoms. The van der Waals surface area contributed by atoms with Crippen LogP contribution in [0.3, 0.4) is 0 Å². The molecule has 0 saturated carbocycles. The Labute approximate surface area is 82.8 Å². The van der Waals surface area contributed by atoms with Crippen molar-refractivity contribution in [3.8, 4) is 0 Å². The molecule has 1 saturated heterocycles. The summed E-state index contributed by atoms with van der Waals surface area (Å²) < 4.78 is 0. The first-order chi connectivity index (χ1) is 6.84. The van der Waals surface area contributed by atoms with Crippen LogP contribution < -0.4 is 5.43 Å². The highest BCUT2D eigenvalue weighted by Crippen LogP contribution is 2.09. The number of hydrogen-bond donors (Lipinski definition) is 2. The summed E-state index contributed by atoms with van der Waals surface area (Å²) in [5, 5.41) is 11.4. The van der Waals surface area contributed by atoms with Crippen LogP contribution in [-0.4, -0.2) is 39.3 Å². The second-order valence-corrected chi connectivity index (χ2v) is 3.43. The molecule has 1 fully saturated rings. The number of nitrogens with zero attached hydrogens (tertiary/aromatic N) is 3. The molecule has 0 amide bonds. The fourth-order valence-electron chi connectivity index (χ4n) is 1.55. The SMILES string of the molecule is OC1CCCN(Nc2ncccn2)C1. The average molecular weight is 194 g/mol. The molecule has 2 N–H and O–H groups in total. The summed E-state index contributed by atoms with van der Waals surface area (Å²) >= 11 is 0. The normalized spacial score (nSPS) is 23.4. The lowest BCUT2D eigenvalue weighted by molar-refractivity contribution is 0.0833. The Morgan fingerprint density at radius 1 is 1.43 bits per heavy atom. The number of piperidine rings is 1. The van der Waals surface area contributed by atoms with Gasteiger partial charge in [-0.15, -0.1) is 0 Å². The van der Waals surface area contributed by atoms with E-state index in [0.717, 1.165) is 19.4 Å². The predicted molar refractivity (Wildman–Crippen MR) is 52.5 cm³/mol. The van der Waals surface area contributed by atoms with Crippen LogP contribution in [0.2, 0.25) is 0 Å². The van der Waals surface area contributed by atoms with Crippen molar-refractivity contribution in [1.82, 2.24) is 15.0 Å². The van der Waals surface area contributed by atoms with Crippen molar-refractivity contribution in [1.29, 1.82) is 0 Å². The molecule has 0 spiro atoms. The minimum Gasteiger partial charge on any atom is -0.392 e. The number of β-amino-alcohol motifs (C(OH)–C–C–N with tert-alkyl or cyclic N) is 1. The third-order valence-electron chi connectivity index (χ3n) is 2.22. The summed E-state index contributed by atoms with van der Waals surface area (Å²) in [7, 11) is 0. The van der Waals surface area contributed by atoms with Crippen molar-refractivity contribution in [2.45, 2.75) is 18.9 Å². The van der Waals surface area contributed by atoms with Gasteiger partial charge in [0.1, 0.15) is 0 Å². The molecule has 0 aromatic carbocycles. The Kier molecular flexibility index (Phi) is 2.90. The number of hydrazine groups is 1. The molecule has 1 aliphatic rings. The number of rotatable bonds is 2. The van der Waals surface area contributed by atoms with E-state index in [4.69, 9.17) is 0 Å². The third-order valence-corrected chi connectivity index (χ3v) is 2.22. The Bertz CT molecular complexity index is 279. The summed E-state index contributed by atoms with van der Waals surface area (Å²) in [4.78, 5) is 8.10. The standard InChI is InChI=1S/C9H14N4O/c14-8-3-1-6-13(7-8)12-9-10-4-2-5-11-9/h2,4-5,8,14H,1,3,6-7H2,(H,10,11,12). The summed E-state index contributed by atoms with van der Waals surface area (Å²) in [6.07, 6.45) is 5.03. The fraction of sp³-hybridized carbons (Fsp3) is 0.556. The molecule has 0 radical (unpaired) electrons. The highest BCUT2D eigenvalue weighted by Gasteiger charge is 2.17. The maximum Gasteiger partial charge on any atom is 0.237 e. The van der Waals surface area contributed by atoms with Gasteiger partial charge in [0.2, 0.25) is 5.95 Å². The first-order valence-electron chi connectivity index (χ1n) is 4.81. The smallest absolute Gasteiger partial charge is 0.237 e. The molecule has 0 aliphatic carbocycles. The van der Waals surface area contributed by atoms with Gasteiger partial charge in [0, 0.05) is 25.5 Å². The lowest BCUT2D eigenvalue weighted by Gasteiger charge is -2.29. The van der Waals surface area contributed by atoms with Crippen LogP contribution in [-0.2, 0) is 0 Å². The van der Waals surface area contributed by atoms with Crippen molar-refractivity contribution in [3.63, 3.8) is 0 Å². The molecule has 1 aromatic rings. The van der Waals surface area contributed by atoms with Gasteiger partial charge < -0.3 is 5.11 Å². The zero-order valence-electron chi connectivity index (χ0n) is 7.93. The number of nitrogens with one attached hydrogen (secondary N) is 1. The van der Waals surface area contributed by atoms with Crippen LogP contribution in [0.5, 0.6) is 0 Å².